The SMILES string of the molecule is Cc1ccc2c(c1)N1c3ncccc3C3(c4ccccc4-c4ccccc43)c3cccc(c31)S2. The van der Waals surface area contributed by atoms with Gasteiger partial charge in [-0.3, -0.25) is 4.90 Å². The van der Waals surface area contributed by atoms with Gasteiger partial charge in [0.2, 0.25) is 0 Å². The van der Waals surface area contributed by atoms with Crippen LogP contribution >= 0.6 is 11.8 Å². The van der Waals surface area contributed by atoms with Crippen molar-refractivity contribution in [1.29, 1.82) is 0 Å². The lowest BCUT2D eigenvalue weighted by Crippen LogP contribution is -2.37. The summed E-state index contributed by atoms with van der Waals surface area (Å²) in [5.41, 5.74) is 11.3. The Morgan fingerprint density at radius 3 is 2.18 bits per heavy atom. The van der Waals surface area contributed by atoms with Crippen LogP contribution in [0, 0.1) is 6.92 Å². The minimum atomic E-state index is -0.388. The minimum absolute atomic E-state index is 0.388. The topological polar surface area (TPSA) is 16.1 Å². The van der Waals surface area contributed by atoms with Gasteiger partial charge in [0.15, 0.2) is 0 Å². The molecule has 2 nitrogen and oxygen atoms in total. The smallest absolute Gasteiger partial charge is 0.142 e. The van der Waals surface area contributed by atoms with Gasteiger partial charge in [-0.1, -0.05) is 84.6 Å². The Kier molecular flexibility index (Phi) is 3.50. The molecule has 0 radical (unpaired) electrons. The Hall–Kier alpha value is -3.82. The average Bonchev–Trinajstić information content (AvgIpc) is 3.18. The highest BCUT2D eigenvalue weighted by molar-refractivity contribution is 7.99. The van der Waals surface area contributed by atoms with Crippen LogP contribution in [0.15, 0.2) is 113 Å². The van der Waals surface area contributed by atoms with Crippen molar-refractivity contribution in [2.75, 3.05) is 4.90 Å². The zero-order chi connectivity index (χ0) is 22.4. The molecule has 1 spiro atoms. The van der Waals surface area contributed by atoms with Crippen LogP contribution in [0.5, 0.6) is 0 Å². The molecule has 0 amide bonds. The van der Waals surface area contributed by atoms with Gasteiger partial charge >= 0.3 is 0 Å². The number of para-hydroxylation sites is 1. The van der Waals surface area contributed by atoms with Crippen molar-refractivity contribution < 1.29 is 0 Å². The van der Waals surface area contributed by atoms with Gasteiger partial charge in [-0.15, -0.1) is 0 Å². The van der Waals surface area contributed by atoms with Crippen molar-refractivity contribution in [2.45, 2.75) is 22.1 Å². The van der Waals surface area contributed by atoms with Crippen molar-refractivity contribution in [2.24, 2.45) is 0 Å². The molecule has 0 bridgehead atoms. The van der Waals surface area contributed by atoms with E-state index in [2.05, 4.69) is 109 Å². The van der Waals surface area contributed by atoms with E-state index in [1.54, 1.807) is 0 Å². The molecule has 0 fully saturated rings. The first kappa shape index (κ1) is 18.6. The fraction of sp³-hybridized carbons (Fsp3) is 0.0645. The van der Waals surface area contributed by atoms with Gasteiger partial charge in [-0.05, 0) is 64.6 Å². The van der Waals surface area contributed by atoms with Crippen molar-refractivity contribution in [3.8, 4) is 11.1 Å². The number of rotatable bonds is 0. The molecule has 1 aromatic heterocycles. The van der Waals surface area contributed by atoms with Crippen LogP contribution in [0.25, 0.3) is 11.1 Å². The second-order valence-electron chi connectivity index (χ2n) is 9.28. The number of fused-ring (bicyclic) bond motifs is 11. The Morgan fingerprint density at radius 2 is 1.38 bits per heavy atom. The summed E-state index contributed by atoms with van der Waals surface area (Å²) in [4.78, 5) is 10.0. The molecule has 3 heteroatoms. The second-order valence-corrected chi connectivity index (χ2v) is 10.4. The van der Waals surface area contributed by atoms with E-state index >= 15 is 0 Å². The van der Waals surface area contributed by atoms with Crippen molar-refractivity contribution in [3.05, 3.63) is 131 Å². The first-order valence-corrected chi connectivity index (χ1v) is 12.5. The first-order chi connectivity index (χ1) is 16.8. The van der Waals surface area contributed by atoms with Crippen molar-refractivity contribution in [1.82, 2.24) is 4.98 Å². The number of hydrogen-bond acceptors (Lipinski definition) is 3. The molecule has 8 rings (SSSR count). The maximum atomic E-state index is 5.06. The highest BCUT2D eigenvalue weighted by Crippen LogP contribution is 2.66. The number of hydrogen-bond donors (Lipinski definition) is 0. The van der Waals surface area contributed by atoms with E-state index in [-0.39, 0.29) is 5.41 Å². The summed E-state index contributed by atoms with van der Waals surface area (Å²) >= 11 is 1.87. The molecule has 3 heterocycles. The molecule has 0 saturated heterocycles. The number of pyridine rings is 1. The molecule has 0 N–H and O–H groups in total. The number of aryl methyl sites for hydroxylation is 1. The second kappa shape index (κ2) is 6.40. The molecule has 2 aliphatic heterocycles. The van der Waals surface area contributed by atoms with Gasteiger partial charge in [0, 0.05) is 21.6 Å². The fourth-order valence-corrected chi connectivity index (χ4v) is 7.39. The highest BCUT2D eigenvalue weighted by Gasteiger charge is 2.53. The van der Waals surface area contributed by atoms with Gasteiger partial charge in [-0.25, -0.2) is 4.98 Å². The monoisotopic (exact) mass is 452 g/mol. The molecular weight excluding hydrogens is 432 g/mol. The summed E-state index contributed by atoms with van der Waals surface area (Å²) in [5.74, 6) is 1.03. The molecule has 34 heavy (non-hydrogen) atoms. The summed E-state index contributed by atoms with van der Waals surface area (Å²) < 4.78 is 0. The van der Waals surface area contributed by atoms with Crippen LogP contribution in [0.1, 0.15) is 27.8 Å². The summed E-state index contributed by atoms with van der Waals surface area (Å²) in [6.45, 7) is 2.17. The predicted molar refractivity (Wildman–Crippen MR) is 139 cm³/mol. The molecule has 1 aliphatic carbocycles. The summed E-state index contributed by atoms with van der Waals surface area (Å²) in [5, 5.41) is 0. The lowest BCUT2D eigenvalue weighted by atomic mass is 9.65. The molecule has 160 valence electrons. The van der Waals surface area contributed by atoms with E-state index in [1.165, 1.54) is 60.1 Å². The first-order valence-electron chi connectivity index (χ1n) is 11.7. The lowest BCUT2D eigenvalue weighted by molar-refractivity contribution is 0.738. The van der Waals surface area contributed by atoms with Crippen LogP contribution in [0.2, 0.25) is 0 Å². The standard InChI is InChI=1S/C31H20N2S/c1-19-15-16-27-26(18-19)33-29-24(12-6-14-28(29)34-27)31(25-13-7-17-32-30(25)33)22-10-4-2-8-20(22)21-9-3-5-11-23(21)31/h2-18H,1H3. The van der Waals surface area contributed by atoms with Crippen LogP contribution in [0.4, 0.5) is 17.2 Å². The summed E-state index contributed by atoms with van der Waals surface area (Å²) in [6, 6.07) is 35.8. The maximum Gasteiger partial charge on any atom is 0.142 e. The molecule has 0 unspecified atom stereocenters. The maximum absolute atomic E-state index is 5.06. The zero-order valence-corrected chi connectivity index (χ0v) is 19.4. The Bertz CT molecular complexity index is 1620. The number of anilines is 3. The Morgan fingerprint density at radius 1 is 0.676 bits per heavy atom. The average molecular weight is 453 g/mol. The van der Waals surface area contributed by atoms with Crippen LogP contribution in [0.3, 0.4) is 0 Å². The van der Waals surface area contributed by atoms with Gasteiger partial charge in [0.25, 0.3) is 0 Å². The number of aromatic nitrogens is 1. The van der Waals surface area contributed by atoms with Gasteiger partial charge in [0.1, 0.15) is 5.82 Å². The van der Waals surface area contributed by atoms with Gasteiger partial charge < -0.3 is 0 Å². The molecule has 3 aliphatic rings. The molecule has 4 aromatic carbocycles. The Balaban J connectivity index is 1.58. The fourth-order valence-electron chi connectivity index (χ4n) is 6.31. The lowest BCUT2D eigenvalue weighted by Gasteiger charge is -2.46. The Labute approximate surface area is 202 Å². The van der Waals surface area contributed by atoms with E-state index in [9.17, 15) is 0 Å². The van der Waals surface area contributed by atoms with Crippen LogP contribution in [-0.2, 0) is 5.41 Å². The van der Waals surface area contributed by atoms with Gasteiger partial charge in [-0.2, -0.15) is 0 Å². The summed E-state index contributed by atoms with van der Waals surface area (Å²) in [6.07, 6.45) is 1.93. The van der Waals surface area contributed by atoms with Crippen molar-refractivity contribution in [3.63, 3.8) is 0 Å². The minimum Gasteiger partial charge on any atom is -0.292 e. The van der Waals surface area contributed by atoms with E-state index < -0.39 is 0 Å². The van der Waals surface area contributed by atoms with Crippen LogP contribution in [-0.4, -0.2) is 4.98 Å². The largest absolute Gasteiger partial charge is 0.292 e. The molecular formula is C31H20N2S. The molecule has 5 aromatic rings. The van der Waals surface area contributed by atoms with E-state index in [0.29, 0.717) is 0 Å². The normalized spacial score (nSPS) is 15.3. The summed E-state index contributed by atoms with van der Waals surface area (Å²) in [7, 11) is 0. The zero-order valence-electron chi connectivity index (χ0n) is 18.6. The van der Waals surface area contributed by atoms with Gasteiger partial charge in [0.05, 0.1) is 16.8 Å². The molecule has 0 atom stereocenters. The highest BCUT2D eigenvalue weighted by atomic mass is 32.2. The molecule has 0 saturated carbocycles. The van der Waals surface area contributed by atoms with E-state index in [1.807, 2.05) is 18.0 Å². The van der Waals surface area contributed by atoms with E-state index in [4.69, 9.17) is 4.98 Å². The third-order valence-corrected chi connectivity index (χ3v) is 8.67. The quantitative estimate of drug-likeness (QED) is 0.232. The van der Waals surface area contributed by atoms with Crippen molar-refractivity contribution >= 4 is 29.0 Å². The third-order valence-electron chi connectivity index (χ3n) is 7.56. The van der Waals surface area contributed by atoms with Crippen LogP contribution < -0.4 is 4.90 Å². The number of benzene rings is 4. The predicted octanol–water partition coefficient (Wildman–Crippen LogP) is 8.00. The number of nitrogens with zero attached hydrogens (tertiary/aromatic N) is 2. The third kappa shape index (κ3) is 2.07. The van der Waals surface area contributed by atoms with E-state index in [0.717, 1.165) is 5.82 Å².